The van der Waals surface area contributed by atoms with Crippen LogP contribution in [0.15, 0.2) is 54.6 Å². The van der Waals surface area contributed by atoms with Crippen molar-refractivity contribution >= 4 is 0 Å². The van der Waals surface area contributed by atoms with Gasteiger partial charge in [-0.3, -0.25) is 0 Å². The van der Waals surface area contributed by atoms with Crippen LogP contribution in [0, 0.1) is 11.8 Å². The molecule has 6 heteroatoms. The molecular formula is C22H20F3N3. The summed E-state index contributed by atoms with van der Waals surface area (Å²) in [6, 6.07) is 14.7. The fourth-order valence-corrected chi connectivity index (χ4v) is 2.74. The zero-order valence-electron chi connectivity index (χ0n) is 15.5. The molecule has 3 aromatic rings. The number of rotatable bonds is 5. The first-order valence-corrected chi connectivity index (χ1v) is 9.13. The van der Waals surface area contributed by atoms with Gasteiger partial charge in [0, 0.05) is 5.56 Å². The van der Waals surface area contributed by atoms with Crippen LogP contribution < -0.4 is 0 Å². The van der Waals surface area contributed by atoms with Gasteiger partial charge >= 0.3 is 6.18 Å². The van der Waals surface area contributed by atoms with Crippen molar-refractivity contribution in [2.45, 2.75) is 38.9 Å². The van der Waals surface area contributed by atoms with E-state index >= 15 is 0 Å². The highest BCUT2D eigenvalue weighted by Gasteiger charge is 2.29. The van der Waals surface area contributed by atoms with Gasteiger partial charge in [0.1, 0.15) is 5.69 Å². The van der Waals surface area contributed by atoms with Gasteiger partial charge in [0.15, 0.2) is 0 Å². The lowest BCUT2D eigenvalue weighted by molar-refractivity contribution is -0.137. The Labute approximate surface area is 162 Å². The standard InChI is InChI=1S/C22H20F3N3/c1-2-3-9-20-21(28(27-26-20)16-18-7-5-4-6-8-18)15-12-17-10-13-19(14-11-17)22(23,24)25/h4-8,10-11,13-14H,2-3,9,16H2,1H3. The molecule has 0 aliphatic rings. The predicted molar refractivity (Wildman–Crippen MR) is 102 cm³/mol. The number of aromatic nitrogens is 3. The molecule has 0 fully saturated rings. The second-order valence-electron chi connectivity index (χ2n) is 6.46. The predicted octanol–water partition coefficient (Wildman–Crippen LogP) is 5.09. The van der Waals surface area contributed by atoms with Crippen LogP contribution in [-0.2, 0) is 19.1 Å². The topological polar surface area (TPSA) is 30.7 Å². The second-order valence-corrected chi connectivity index (χ2v) is 6.46. The summed E-state index contributed by atoms with van der Waals surface area (Å²) in [5.74, 6) is 6.02. The average Bonchev–Trinajstić information content (AvgIpc) is 3.06. The van der Waals surface area contributed by atoms with Crippen LogP contribution >= 0.6 is 0 Å². The summed E-state index contributed by atoms with van der Waals surface area (Å²) in [6.45, 7) is 2.64. The molecule has 1 heterocycles. The van der Waals surface area contributed by atoms with E-state index in [0.717, 1.165) is 42.7 Å². The Kier molecular flexibility index (Phi) is 6.15. The molecule has 0 radical (unpaired) electrons. The first-order chi connectivity index (χ1) is 13.5. The van der Waals surface area contributed by atoms with Crippen molar-refractivity contribution in [2.75, 3.05) is 0 Å². The lowest BCUT2D eigenvalue weighted by atomic mass is 10.1. The molecule has 3 nitrogen and oxygen atoms in total. The summed E-state index contributed by atoms with van der Waals surface area (Å²) >= 11 is 0. The summed E-state index contributed by atoms with van der Waals surface area (Å²) in [6.07, 6.45) is -1.59. The van der Waals surface area contributed by atoms with Crippen molar-refractivity contribution in [3.8, 4) is 11.8 Å². The van der Waals surface area contributed by atoms with Crippen LogP contribution in [0.5, 0.6) is 0 Å². The summed E-state index contributed by atoms with van der Waals surface area (Å²) in [7, 11) is 0. The number of hydrogen-bond acceptors (Lipinski definition) is 2. The van der Waals surface area contributed by atoms with Crippen LogP contribution in [0.2, 0.25) is 0 Å². The highest BCUT2D eigenvalue weighted by atomic mass is 19.4. The zero-order chi connectivity index (χ0) is 20.0. The van der Waals surface area contributed by atoms with Crippen molar-refractivity contribution in [1.82, 2.24) is 15.0 Å². The van der Waals surface area contributed by atoms with E-state index in [1.54, 1.807) is 4.68 Å². The van der Waals surface area contributed by atoms with Gasteiger partial charge in [-0.2, -0.15) is 13.2 Å². The first-order valence-electron chi connectivity index (χ1n) is 9.13. The third-order valence-electron chi connectivity index (χ3n) is 4.28. The Morgan fingerprint density at radius 3 is 2.32 bits per heavy atom. The van der Waals surface area contributed by atoms with Crippen molar-refractivity contribution in [1.29, 1.82) is 0 Å². The Hall–Kier alpha value is -3.07. The highest BCUT2D eigenvalue weighted by Crippen LogP contribution is 2.29. The van der Waals surface area contributed by atoms with Crippen LogP contribution in [0.3, 0.4) is 0 Å². The number of benzene rings is 2. The molecule has 0 saturated heterocycles. The van der Waals surface area contributed by atoms with Crippen LogP contribution in [0.1, 0.15) is 47.8 Å². The van der Waals surface area contributed by atoms with E-state index in [0.29, 0.717) is 17.8 Å². The van der Waals surface area contributed by atoms with E-state index in [2.05, 4.69) is 29.1 Å². The number of hydrogen-bond donors (Lipinski definition) is 0. The lowest BCUT2D eigenvalue weighted by Crippen LogP contribution is -2.05. The summed E-state index contributed by atoms with van der Waals surface area (Å²) in [4.78, 5) is 0. The molecule has 0 N–H and O–H groups in total. The minimum Gasteiger partial charge on any atom is -0.232 e. The molecule has 144 valence electrons. The van der Waals surface area contributed by atoms with E-state index < -0.39 is 11.7 Å². The fourth-order valence-electron chi connectivity index (χ4n) is 2.74. The molecule has 0 bridgehead atoms. The fraction of sp³-hybridized carbons (Fsp3) is 0.273. The van der Waals surface area contributed by atoms with Crippen molar-refractivity contribution < 1.29 is 13.2 Å². The Balaban J connectivity index is 1.89. The zero-order valence-corrected chi connectivity index (χ0v) is 15.5. The van der Waals surface area contributed by atoms with Gasteiger partial charge in [-0.05, 0) is 48.6 Å². The Morgan fingerprint density at radius 2 is 1.68 bits per heavy atom. The van der Waals surface area contributed by atoms with E-state index in [-0.39, 0.29) is 0 Å². The van der Waals surface area contributed by atoms with Crippen LogP contribution in [0.25, 0.3) is 0 Å². The van der Waals surface area contributed by atoms with Crippen LogP contribution in [0.4, 0.5) is 13.2 Å². The second kappa shape index (κ2) is 8.75. The molecule has 28 heavy (non-hydrogen) atoms. The maximum absolute atomic E-state index is 12.7. The third kappa shape index (κ3) is 5.01. The summed E-state index contributed by atoms with van der Waals surface area (Å²) < 4.78 is 39.9. The van der Waals surface area contributed by atoms with Gasteiger partial charge in [-0.1, -0.05) is 54.8 Å². The summed E-state index contributed by atoms with van der Waals surface area (Å²) in [5.41, 5.74) is 2.43. The van der Waals surface area contributed by atoms with E-state index in [9.17, 15) is 13.2 Å². The van der Waals surface area contributed by atoms with Gasteiger partial charge in [0.25, 0.3) is 0 Å². The minimum absolute atomic E-state index is 0.516. The number of unbranched alkanes of at least 4 members (excludes halogenated alkanes) is 1. The molecular weight excluding hydrogens is 363 g/mol. The van der Waals surface area contributed by atoms with Gasteiger partial charge in [-0.25, -0.2) is 4.68 Å². The Bertz CT molecular complexity index is 962. The SMILES string of the molecule is CCCCc1nnn(Cc2ccccc2)c1C#Cc1ccc(C(F)(F)F)cc1. The maximum atomic E-state index is 12.7. The number of nitrogens with zero attached hydrogens (tertiary/aromatic N) is 3. The number of alkyl halides is 3. The molecule has 0 aliphatic carbocycles. The molecule has 0 spiro atoms. The van der Waals surface area contributed by atoms with Crippen molar-refractivity contribution in [3.63, 3.8) is 0 Å². The first kappa shape index (κ1) is 19.7. The summed E-state index contributed by atoms with van der Waals surface area (Å²) in [5, 5.41) is 8.51. The highest BCUT2D eigenvalue weighted by molar-refractivity contribution is 5.43. The Morgan fingerprint density at radius 1 is 0.964 bits per heavy atom. The van der Waals surface area contributed by atoms with Crippen molar-refractivity contribution in [2.24, 2.45) is 0 Å². The lowest BCUT2D eigenvalue weighted by Gasteiger charge is -2.05. The van der Waals surface area contributed by atoms with Gasteiger partial charge in [0.2, 0.25) is 0 Å². The molecule has 0 aliphatic heterocycles. The largest absolute Gasteiger partial charge is 0.416 e. The number of aryl methyl sites for hydroxylation is 1. The molecule has 0 atom stereocenters. The van der Waals surface area contributed by atoms with E-state index in [1.807, 2.05) is 30.3 Å². The monoisotopic (exact) mass is 383 g/mol. The molecule has 0 amide bonds. The molecule has 2 aromatic carbocycles. The average molecular weight is 383 g/mol. The van der Waals surface area contributed by atoms with Crippen molar-refractivity contribution in [3.05, 3.63) is 82.7 Å². The van der Waals surface area contributed by atoms with Crippen LogP contribution in [-0.4, -0.2) is 15.0 Å². The van der Waals surface area contributed by atoms with E-state index in [4.69, 9.17) is 0 Å². The van der Waals surface area contributed by atoms with Gasteiger partial charge in [0.05, 0.1) is 17.8 Å². The van der Waals surface area contributed by atoms with E-state index in [1.165, 1.54) is 12.1 Å². The number of halogens is 3. The quantitative estimate of drug-likeness (QED) is 0.575. The van der Waals surface area contributed by atoms with Gasteiger partial charge < -0.3 is 0 Å². The molecule has 3 rings (SSSR count). The minimum atomic E-state index is -4.35. The normalized spacial score (nSPS) is 11.1. The molecule has 0 unspecified atom stereocenters. The van der Waals surface area contributed by atoms with Gasteiger partial charge in [-0.15, -0.1) is 5.10 Å². The smallest absolute Gasteiger partial charge is 0.232 e. The molecule has 1 aromatic heterocycles. The molecule has 0 saturated carbocycles. The maximum Gasteiger partial charge on any atom is 0.416 e. The third-order valence-corrected chi connectivity index (χ3v) is 4.28.